The van der Waals surface area contributed by atoms with Crippen molar-refractivity contribution in [2.75, 3.05) is 31.5 Å². The third kappa shape index (κ3) is 5.47. The van der Waals surface area contributed by atoms with Crippen molar-refractivity contribution in [1.29, 1.82) is 0 Å². The summed E-state index contributed by atoms with van der Waals surface area (Å²) in [5.41, 5.74) is 1.97. The summed E-state index contributed by atoms with van der Waals surface area (Å²) in [6.07, 6.45) is 0.993. The quantitative estimate of drug-likeness (QED) is 0.668. The Bertz CT molecular complexity index is 1000. The van der Waals surface area contributed by atoms with E-state index in [4.69, 9.17) is 11.6 Å². The molecule has 1 heterocycles. The van der Waals surface area contributed by atoms with Crippen molar-refractivity contribution in [2.45, 2.75) is 44.0 Å². The van der Waals surface area contributed by atoms with Gasteiger partial charge in [0.1, 0.15) is 0 Å². The molecule has 168 valence electrons. The Morgan fingerprint density at radius 2 is 1.65 bits per heavy atom. The number of carbonyl (C=O) groups excluding carboxylic acids is 1. The van der Waals surface area contributed by atoms with Crippen molar-refractivity contribution >= 4 is 33.2 Å². The van der Waals surface area contributed by atoms with Crippen LogP contribution in [0.2, 0.25) is 5.02 Å². The summed E-state index contributed by atoms with van der Waals surface area (Å²) in [6, 6.07) is 13.7. The summed E-state index contributed by atoms with van der Waals surface area (Å²) in [7, 11) is -3.57. The molecule has 0 spiro atoms. The fourth-order valence-corrected chi connectivity index (χ4v) is 5.30. The Morgan fingerprint density at radius 1 is 1.03 bits per heavy atom. The lowest BCUT2D eigenvalue weighted by Crippen LogP contribution is -2.53. The second-order valence-electron chi connectivity index (χ2n) is 7.96. The largest absolute Gasteiger partial charge is 0.324 e. The molecule has 31 heavy (non-hydrogen) atoms. The lowest BCUT2D eigenvalue weighted by atomic mass is 9.97. The molecule has 0 aliphatic carbocycles. The average Bonchev–Trinajstić information content (AvgIpc) is 2.78. The van der Waals surface area contributed by atoms with Gasteiger partial charge >= 0.3 is 0 Å². The van der Waals surface area contributed by atoms with Crippen LogP contribution in [0.3, 0.4) is 0 Å². The van der Waals surface area contributed by atoms with Crippen molar-refractivity contribution in [2.24, 2.45) is 0 Å². The molecule has 2 unspecified atom stereocenters. The molecule has 8 heteroatoms. The molecule has 1 N–H and O–H groups in total. The van der Waals surface area contributed by atoms with Gasteiger partial charge in [0.25, 0.3) is 0 Å². The number of nitrogens with one attached hydrogen (secondary N) is 1. The standard InChI is InChI=1S/C23H30ClN3O3S/c1-4-17(2)21-7-5-6-8-22(21)25-23(28)18(3)26-13-15-27(16-14-26)31(29,30)20-11-9-19(24)10-12-20/h5-12,17-18H,4,13-16H2,1-3H3,(H,25,28). The van der Waals surface area contributed by atoms with Crippen molar-refractivity contribution in [3.63, 3.8) is 0 Å². The van der Waals surface area contributed by atoms with E-state index in [-0.39, 0.29) is 16.8 Å². The molecule has 0 saturated carbocycles. The number of amides is 1. The Kier molecular flexibility index (Phi) is 7.75. The molecular weight excluding hydrogens is 434 g/mol. The third-order valence-electron chi connectivity index (χ3n) is 6.01. The SMILES string of the molecule is CCC(C)c1ccccc1NC(=O)C(C)N1CCN(S(=O)(=O)c2ccc(Cl)cc2)CC1. The van der Waals surface area contributed by atoms with E-state index in [1.54, 1.807) is 12.1 Å². The second kappa shape index (κ2) is 10.1. The van der Waals surface area contributed by atoms with Crippen LogP contribution in [-0.4, -0.2) is 55.8 Å². The van der Waals surface area contributed by atoms with Crippen LogP contribution in [0.4, 0.5) is 5.69 Å². The first kappa shape index (κ1) is 23.7. The number of rotatable bonds is 7. The number of nitrogens with zero attached hydrogens (tertiary/aromatic N) is 2. The van der Waals surface area contributed by atoms with Crippen LogP contribution < -0.4 is 5.32 Å². The van der Waals surface area contributed by atoms with Gasteiger partial charge in [-0.05, 0) is 55.2 Å². The molecule has 1 aliphatic rings. The molecule has 3 rings (SSSR count). The average molecular weight is 464 g/mol. The van der Waals surface area contributed by atoms with E-state index in [2.05, 4.69) is 25.2 Å². The number of anilines is 1. The Hall–Kier alpha value is -1.93. The molecule has 0 radical (unpaired) electrons. The highest BCUT2D eigenvalue weighted by Gasteiger charge is 2.32. The highest BCUT2D eigenvalue weighted by atomic mass is 35.5. The zero-order valence-corrected chi connectivity index (χ0v) is 19.8. The smallest absolute Gasteiger partial charge is 0.243 e. The minimum atomic E-state index is -3.57. The third-order valence-corrected chi connectivity index (χ3v) is 8.18. The van der Waals surface area contributed by atoms with E-state index in [9.17, 15) is 13.2 Å². The Balaban J connectivity index is 1.62. The summed E-state index contributed by atoms with van der Waals surface area (Å²) < 4.78 is 27.2. The van der Waals surface area contributed by atoms with Gasteiger partial charge in [-0.2, -0.15) is 4.31 Å². The Labute approximate surface area is 190 Å². The van der Waals surface area contributed by atoms with E-state index in [1.807, 2.05) is 30.0 Å². The monoisotopic (exact) mass is 463 g/mol. The van der Waals surface area contributed by atoms with Gasteiger partial charge in [0.2, 0.25) is 15.9 Å². The van der Waals surface area contributed by atoms with E-state index in [0.29, 0.717) is 37.1 Å². The molecular formula is C23H30ClN3O3S. The number of piperazine rings is 1. The molecule has 1 fully saturated rings. The summed E-state index contributed by atoms with van der Waals surface area (Å²) in [5.74, 6) is 0.276. The normalized spacial score (nSPS) is 17.8. The number of carbonyl (C=O) groups is 1. The number of hydrogen-bond acceptors (Lipinski definition) is 4. The summed E-state index contributed by atoms with van der Waals surface area (Å²) >= 11 is 5.87. The number of sulfonamides is 1. The van der Waals surface area contributed by atoms with Crippen LogP contribution >= 0.6 is 11.6 Å². The minimum absolute atomic E-state index is 0.0789. The molecule has 1 aliphatic heterocycles. The van der Waals surface area contributed by atoms with Gasteiger partial charge in [-0.25, -0.2) is 8.42 Å². The van der Waals surface area contributed by atoms with Crippen molar-refractivity contribution in [3.05, 3.63) is 59.1 Å². The molecule has 6 nitrogen and oxygen atoms in total. The number of benzene rings is 2. The van der Waals surface area contributed by atoms with Gasteiger partial charge in [-0.15, -0.1) is 0 Å². The molecule has 2 aromatic carbocycles. The Morgan fingerprint density at radius 3 is 2.26 bits per heavy atom. The number of hydrogen-bond donors (Lipinski definition) is 1. The fourth-order valence-electron chi connectivity index (χ4n) is 3.75. The predicted octanol–water partition coefficient (Wildman–Crippen LogP) is 4.19. The fraction of sp³-hybridized carbons (Fsp3) is 0.435. The summed E-state index contributed by atoms with van der Waals surface area (Å²) in [4.78, 5) is 15.2. The zero-order valence-electron chi connectivity index (χ0n) is 18.2. The van der Waals surface area contributed by atoms with Crippen LogP contribution in [0.25, 0.3) is 0 Å². The van der Waals surface area contributed by atoms with Gasteiger partial charge in [0.15, 0.2) is 0 Å². The first-order valence-electron chi connectivity index (χ1n) is 10.6. The van der Waals surface area contributed by atoms with Gasteiger partial charge < -0.3 is 5.32 Å². The second-order valence-corrected chi connectivity index (χ2v) is 10.3. The van der Waals surface area contributed by atoms with E-state index < -0.39 is 10.0 Å². The molecule has 2 aromatic rings. The van der Waals surface area contributed by atoms with Crippen molar-refractivity contribution in [3.8, 4) is 0 Å². The maximum absolute atomic E-state index is 12.9. The van der Waals surface area contributed by atoms with Crippen LogP contribution in [0.1, 0.15) is 38.7 Å². The van der Waals surface area contributed by atoms with Crippen LogP contribution in [0.5, 0.6) is 0 Å². The zero-order chi connectivity index (χ0) is 22.6. The first-order chi connectivity index (χ1) is 14.7. The van der Waals surface area contributed by atoms with Crippen LogP contribution in [0, 0.1) is 0 Å². The number of halogens is 1. The maximum atomic E-state index is 12.9. The van der Waals surface area contributed by atoms with E-state index in [1.165, 1.54) is 16.4 Å². The van der Waals surface area contributed by atoms with Gasteiger partial charge in [0, 0.05) is 36.9 Å². The highest BCUT2D eigenvalue weighted by molar-refractivity contribution is 7.89. The van der Waals surface area contributed by atoms with Crippen molar-refractivity contribution < 1.29 is 13.2 Å². The first-order valence-corrected chi connectivity index (χ1v) is 12.5. The van der Waals surface area contributed by atoms with Crippen LogP contribution in [-0.2, 0) is 14.8 Å². The lowest BCUT2D eigenvalue weighted by molar-refractivity contribution is -0.121. The molecule has 0 bridgehead atoms. The summed E-state index contributed by atoms with van der Waals surface area (Å²) in [6.45, 7) is 7.81. The van der Waals surface area contributed by atoms with Crippen LogP contribution in [0.15, 0.2) is 53.4 Å². The molecule has 0 aromatic heterocycles. The lowest BCUT2D eigenvalue weighted by Gasteiger charge is -2.36. The predicted molar refractivity (Wildman–Crippen MR) is 125 cm³/mol. The number of para-hydroxylation sites is 1. The van der Waals surface area contributed by atoms with Gasteiger partial charge in [0.05, 0.1) is 10.9 Å². The van der Waals surface area contributed by atoms with Gasteiger partial charge in [-0.1, -0.05) is 43.6 Å². The molecule has 1 amide bonds. The van der Waals surface area contributed by atoms with Crippen molar-refractivity contribution in [1.82, 2.24) is 9.21 Å². The van der Waals surface area contributed by atoms with Gasteiger partial charge in [-0.3, -0.25) is 9.69 Å². The maximum Gasteiger partial charge on any atom is 0.243 e. The summed E-state index contributed by atoms with van der Waals surface area (Å²) in [5, 5.41) is 3.57. The minimum Gasteiger partial charge on any atom is -0.324 e. The molecule has 1 saturated heterocycles. The van der Waals surface area contributed by atoms with E-state index >= 15 is 0 Å². The highest BCUT2D eigenvalue weighted by Crippen LogP contribution is 2.27. The van der Waals surface area contributed by atoms with E-state index in [0.717, 1.165) is 17.7 Å². The molecule has 2 atom stereocenters. The topological polar surface area (TPSA) is 69.7 Å².